The molecule has 1 N–H and O–H groups in total. The minimum absolute atomic E-state index is 0.104. The third-order valence-electron chi connectivity index (χ3n) is 3.26. The van der Waals surface area contributed by atoms with E-state index in [2.05, 4.69) is 17.3 Å². The summed E-state index contributed by atoms with van der Waals surface area (Å²) in [5.74, 6) is 0.0196. The van der Waals surface area contributed by atoms with E-state index in [9.17, 15) is 9.59 Å². The summed E-state index contributed by atoms with van der Waals surface area (Å²) < 4.78 is 0. The van der Waals surface area contributed by atoms with Crippen molar-refractivity contribution in [3.05, 3.63) is 22.4 Å². The summed E-state index contributed by atoms with van der Waals surface area (Å²) in [7, 11) is 2.06. The van der Waals surface area contributed by atoms with Gasteiger partial charge >= 0.3 is 0 Å². The predicted molar refractivity (Wildman–Crippen MR) is 75.3 cm³/mol. The van der Waals surface area contributed by atoms with E-state index in [0.717, 1.165) is 26.2 Å². The van der Waals surface area contributed by atoms with Crippen molar-refractivity contribution in [2.75, 3.05) is 39.8 Å². The van der Waals surface area contributed by atoms with Crippen molar-refractivity contribution in [2.24, 2.45) is 0 Å². The van der Waals surface area contributed by atoms with E-state index in [0.29, 0.717) is 18.5 Å². The largest absolute Gasteiger partial charge is 0.351 e. The summed E-state index contributed by atoms with van der Waals surface area (Å²) in [5.41, 5.74) is 0.664. The van der Waals surface area contributed by atoms with Gasteiger partial charge in [0.1, 0.15) is 0 Å². The van der Waals surface area contributed by atoms with Gasteiger partial charge in [0.05, 0.1) is 0 Å². The number of nitrogens with one attached hydrogen (secondary N) is 1. The van der Waals surface area contributed by atoms with E-state index >= 15 is 0 Å². The molecule has 1 aromatic heterocycles. The van der Waals surface area contributed by atoms with Crippen molar-refractivity contribution in [3.63, 3.8) is 0 Å². The predicted octanol–water partition coefficient (Wildman–Crippen LogP) is 0.642. The second kappa shape index (κ2) is 6.68. The first-order valence-corrected chi connectivity index (χ1v) is 7.38. The zero-order chi connectivity index (χ0) is 13.7. The fraction of sp³-hybridized carbons (Fsp3) is 0.538. The van der Waals surface area contributed by atoms with Crippen LogP contribution in [0.1, 0.15) is 16.8 Å². The Morgan fingerprint density at radius 3 is 2.68 bits per heavy atom. The molecule has 0 aliphatic carbocycles. The second-order valence-corrected chi connectivity index (χ2v) is 5.48. The minimum atomic E-state index is -0.104. The summed E-state index contributed by atoms with van der Waals surface area (Å²) in [6.07, 6.45) is 0.375. The lowest BCUT2D eigenvalue weighted by atomic mass is 10.2. The van der Waals surface area contributed by atoms with E-state index in [4.69, 9.17) is 0 Å². The molecule has 2 amide bonds. The summed E-state index contributed by atoms with van der Waals surface area (Å²) >= 11 is 1.49. The smallest absolute Gasteiger partial charge is 0.252 e. The highest BCUT2D eigenvalue weighted by Crippen LogP contribution is 2.05. The molecule has 0 saturated carbocycles. The second-order valence-electron chi connectivity index (χ2n) is 4.70. The number of carbonyl (C=O) groups excluding carboxylic acids is 2. The number of hydrogen-bond acceptors (Lipinski definition) is 4. The molecule has 0 radical (unpaired) electrons. The minimum Gasteiger partial charge on any atom is -0.351 e. The number of amides is 2. The Balaban J connectivity index is 1.68. The Morgan fingerprint density at radius 1 is 1.32 bits per heavy atom. The first-order chi connectivity index (χ1) is 9.16. The van der Waals surface area contributed by atoms with Crippen LogP contribution in [-0.4, -0.2) is 61.4 Å². The maximum atomic E-state index is 11.9. The molecule has 0 bridgehead atoms. The third-order valence-corrected chi connectivity index (χ3v) is 3.95. The number of thiophene rings is 1. The lowest BCUT2D eigenvalue weighted by Gasteiger charge is -2.32. The summed E-state index contributed by atoms with van der Waals surface area (Å²) in [6.45, 7) is 3.82. The zero-order valence-electron chi connectivity index (χ0n) is 11.1. The monoisotopic (exact) mass is 281 g/mol. The Bertz CT molecular complexity index is 425. The fourth-order valence-corrected chi connectivity index (χ4v) is 2.63. The van der Waals surface area contributed by atoms with Crippen LogP contribution in [0.2, 0.25) is 0 Å². The summed E-state index contributed by atoms with van der Waals surface area (Å²) in [5, 5.41) is 6.44. The van der Waals surface area contributed by atoms with Crippen molar-refractivity contribution in [1.82, 2.24) is 15.1 Å². The van der Waals surface area contributed by atoms with Crippen LogP contribution in [-0.2, 0) is 4.79 Å². The number of hydrogen-bond donors (Lipinski definition) is 1. The number of piperazine rings is 1. The van der Waals surface area contributed by atoms with Gasteiger partial charge in [0.15, 0.2) is 0 Å². The molecule has 104 valence electrons. The van der Waals surface area contributed by atoms with Crippen LogP contribution < -0.4 is 5.32 Å². The summed E-state index contributed by atoms with van der Waals surface area (Å²) in [6, 6.07) is 1.78. The maximum absolute atomic E-state index is 11.9. The van der Waals surface area contributed by atoms with Gasteiger partial charge in [-0.15, -0.1) is 0 Å². The molecule has 0 atom stereocenters. The van der Waals surface area contributed by atoms with Crippen molar-refractivity contribution in [3.8, 4) is 0 Å². The van der Waals surface area contributed by atoms with E-state index < -0.39 is 0 Å². The number of likely N-dealkylation sites (N-methyl/N-ethyl adjacent to an activating group) is 1. The molecule has 0 spiro atoms. The van der Waals surface area contributed by atoms with Gasteiger partial charge < -0.3 is 15.1 Å². The van der Waals surface area contributed by atoms with Gasteiger partial charge in [-0.2, -0.15) is 11.3 Å². The third kappa shape index (κ3) is 4.04. The molecule has 1 saturated heterocycles. The highest BCUT2D eigenvalue weighted by atomic mass is 32.1. The highest BCUT2D eigenvalue weighted by molar-refractivity contribution is 7.08. The van der Waals surface area contributed by atoms with Crippen molar-refractivity contribution in [1.29, 1.82) is 0 Å². The molecule has 0 unspecified atom stereocenters. The Kier molecular flexibility index (Phi) is 4.93. The molecule has 1 aromatic rings. The molecule has 1 aliphatic heterocycles. The normalized spacial score (nSPS) is 16.4. The molecule has 0 aromatic carbocycles. The topological polar surface area (TPSA) is 52.6 Å². The van der Waals surface area contributed by atoms with Crippen LogP contribution in [0.5, 0.6) is 0 Å². The van der Waals surface area contributed by atoms with E-state index in [1.165, 1.54) is 11.3 Å². The highest BCUT2D eigenvalue weighted by Gasteiger charge is 2.18. The Hall–Kier alpha value is -1.40. The molecule has 5 nitrogen and oxygen atoms in total. The van der Waals surface area contributed by atoms with Gasteiger partial charge in [-0.1, -0.05) is 0 Å². The van der Waals surface area contributed by atoms with Crippen LogP contribution >= 0.6 is 11.3 Å². The van der Waals surface area contributed by atoms with Gasteiger partial charge in [-0.25, -0.2) is 0 Å². The Labute approximate surface area is 117 Å². The molecule has 1 aliphatic rings. The number of nitrogens with zero attached hydrogens (tertiary/aromatic N) is 2. The molecule has 19 heavy (non-hydrogen) atoms. The van der Waals surface area contributed by atoms with Gasteiger partial charge in [-0.05, 0) is 18.5 Å². The first-order valence-electron chi connectivity index (χ1n) is 6.43. The van der Waals surface area contributed by atoms with Crippen LogP contribution in [0.4, 0.5) is 0 Å². The van der Waals surface area contributed by atoms with Crippen molar-refractivity contribution >= 4 is 23.2 Å². The fourth-order valence-electron chi connectivity index (χ4n) is 1.99. The van der Waals surface area contributed by atoms with E-state index in [-0.39, 0.29) is 11.8 Å². The van der Waals surface area contributed by atoms with Crippen molar-refractivity contribution < 1.29 is 9.59 Å². The van der Waals surface area contributed by atoms with Crippen LogP contribution in [0.15, 0.2) is 16.8 Å². The lowest BCUT2D eigenvalue weighted by Crippen LogP contribution is -2.47. The van der Waals surface area contributed by atoms with E-state index in [1.807, 2.05) is 10.3 Å². The van der Waals surface area contributed by atoms with E-state index in [1.54, 1.807) is 11.4 Å². The molecule has 6 heteroatoms. The average molecular weight is 281 g/mol. The SMILES string of the molecule is CN1CCN(C(=O)CCNC(=O)c2ccsc2)CC1. The lowest BCUT2D eigenvalue weighted by molar-refractivity contribution is -0.132. The molecular formula is C13H19N3O2S. The van der Waals surface area contributed by atoms with Gasteiger partial charge in [0, 0.05) is 50.1 Å². The molecule has 2 rings (SSSR count). The quantitative estimate of drug-likeness (QED) is 0.881. The molecular weight excluding hydrogens is 262 g/mol. The molecule has 2 heterocycles. The summed E-state index contributed by atoms with van der Waals surface area (Å²) in [4.78, 5) is 27.7. The van der Waals surface area contributed by atoms with Gasteiger partial charge in [-0.3, -0.25) is 9.59 Å². The number of rotatable bonds is 4. The van der Waals surface area contributed by atoms with Gasteiger partial charge in [0.2, 0.25) is 5.91 Å². The van der Waals surface area contributed by atoms with Crippen LogP contribution in [0.3, 0.4) is 0 Å². The Morgan fingerprint density at radius 2 is 2.05 bits per heavy atom. The average Bonchev–Trinajstić information content (AvgIpc) is 2.93. The number of carbonyl (C=O) groups is 2. The van der Waals surface area contributed by atoms with Gasteiger partial charge in [0.25, 0.3) is 5.91 Å². The first kappa shape index (κ1) is 14.0. The van der Waals surface area contributed by atoms with Crippen molar-refractivity contribution in [2.45, 2.75) is 6.42 Å². The standard InChI is InChI=1S/C13H19N3O2S/c1-15-5-7-16(8-6-15)12(17)2-4-14-13(18)11-3-9-19-10-11/h3,9-10H,2,4-8H2,1H3,(H,14,18). The van der Waals surface area contributed by atoms with Crippen LogP contribution in [0.25, 0.3) is 0 Å². The van der Waals surface area contributed by atoms with Crippen LogP contribution in [0, 0.1) is 0 Å². The molecule has 1 fully saturated rings. The zero-order valence-corrected chi connectivity index (χ0v) is 11.9. The maximum Gasteiger partial charge on any atom is 0.252 e.